The average molecular weight is 384 g/mol. The van der Waals surface area contributed by atoms with Gasteiger partial charge < -0.3 is 15.4 Å². The molecule has 3 aromatic rings. The molecule has 1 fully saturated rings. The number of anilines is 1. The summed E-state index contributed by atoms with van der Waals surface area (Å²) in [5, 5.41) is 7.24. The van der Waals surface area contributed by atoms with Crippen molar-refractivity contribution in [2.24, 2.45) is 0 Å². The van der Waals surface area contributed by atoms with Gasteiger partial charge in [0.25, 0.3) is 5.91 Å². The minimum Gasteiger partial charge on any atom is -0.497 e. The standard InChI is InChI=1S/C21H21N3O2.ClH/c1-26-18-7-9-19-15(12-18)4-8-20(24-19)21(25)23-17-5-2-14(3-6-17)16-10-11-22-13-16;/h2-9,12,16,22H,10-11,13H2,1H3,(H,23,25);1H. The number of nitrogens with zero attached hydrogens (tertiary/aromatic N) is 1. The maximum atomic E-state index is 12.5. The van der Waals surface area contributed by atoms with Gasteiger partial charge in [-0.2, -0.15) is 0 Å². The largest absolute Gasteiger partial charge is 0.497 e. The van der Waals surface area contributed by atoms with Crippen LogP contribution in [0.5, 0.6) is 5.75 Å². The summed E-state index contributed by atoms with van der Waals surface area (Å²) in [5.41, 5.74) is 3.25. The highest BCUT2D eigenvalue weighted by atomic mass is 35.5. The van der Waals surface area contributed by atoms with Gasteiger partial charge in [-0.3, -0.25) is 4.79 Å². The Morgan fingerprint density at radius 1 is 1.15 bits per heavy atom. The lowest BCUT2D eigenvalue weighted by atomic mass is 9.98. The Balaban J connectivity index is 0.00000210. The SMILES string of the molecule is COc1ccc2nc(C(=O)Nc3ccc(C4CCNC4)cc3)ccc2c1.Cl. The van der Waals surface area contributed by atoms with Gasteiger partial charge in [-0.25, -0.2) is 4.98 Å². The predicted octanol–water partition coefficient (Wildman–Crippen LogP) is 3.99. The molecule has 6 heteroatoms. The van der Waals surface area contributed by atoms with Crippen molar-refractivity contribution in [3.63, 3.8) is 0 Å². The molecule has 1 aliphatic heterocycles. The van der Waals surface area contributed by atoms with Gasteiger partial charge in [0, 0.05) is 17.6 Å². The van der Waals surface area contributed by atoms with Crippen molar-refractivity contribution in [2.45, 2.75) is 12.3 Å². The van der Waals surface area contributed by atoms with Crippen LogP contribution in [0.3, 0.4) is 0 Å². The minimum absolute atomic E-state index is 0. The van der Waals surface area contributed by atoms with Gasteiger partial charge in [0.05, 0.1) is 12.6 Å². The number of aromatic nitrogens is 1. The van der Waals surface area contributed by atoms with Crippen molar-refractivity contribution < 1.29 is 9.53 Å². The van der Waals surface area contributed by atoms with Crippen LogP contribution in [0.15, 0.2) is 54.6 Å². The van der Waals surface area contributed by atoms with Crippen LogP contribution < -0.4 is 15.4 Å². The topological polar surface area (TPSA) is 63.2 Å². The highest BCUT2D eigenvalue weighted by Crippen LogP contribution is 2.24. The van der Waals surface area contributed by atoms with Crippen molar-refractivity contribution in [2.75, 3.05) is 25.5 Å². The van der Waals surface area contributed by atoms with E-state index in [9.17, 15) is 4.79 Å². The number of benzene rings is 2. The molecule has 2 aromatic carbocycles. The summed E-state index contributed by atoms with van der Waals surface area (Å²) in [7, 11) is 1.63. The third-order valence-corrected chi connectivity index (χ3v) is 4.83. The molecule has 1 saturated heterocycles. The molecule has 0 saturated carbocycles. The molecule has 1 atom stereocenters. The lowest BCUT2D eigenvalue weighted by Crippen LogP contribution is -2.13. The lowest BCUT2D eigenvalue weighted by Gasteiger charge is -2.10. The number of rotatable bonds is 4. The van der Waals surface area contributed by atoms with Gasteiger partial charge in [-0.05, 0) is 60.8 Å². The minimum atomic E-state index is -0.210. The summed E-state index contributed by atoms with van der Waals surface area (Å²) in [4.78, 5) is 17.0. The number of pyridine rings is 1. The van der Waals surface area contributed by atoms with Crippen LogP contribution in [0.4, 0.5) is 5.69 Å². The van der Waals surface area contributed by atoms with E-state index in [4.69, 9.17) is 4.74 Å². The van der Waals surface area contributed by atoms with Gasteiger partial charge in [-0.15, -0.1) is 12.4 Å². The highest BCUT2D eigenvalue weighted by molar-refractivity contribution is 6.04. The van der Waals surface area contributed by atoms with Crippen LogP contribution in [-0.2, 0) is 0 Å². The number of carbonyl (C=O) groups is 1. The first-order chi connectivity index (χ1) is 12.7. The number of hydrogen-bond acceptors (Lipinski definition) is 4. The van der Waals surface area contributed by atoms with Crippen molar-refractivity contribution in [3.05, 3.63) is 65.9 Å². The fraction of sp³-hybridized carbons (Fsp3) is 0.238. The summed E-state index contributed by atoms with van der Waals surface area (Å²) in [6.45, 7) is 2.10. The number of nitrogens with one attached hydrogen (secondary N) is 2. The van der Waals surface area contributed by atoms with Crippen molar-refractivity contribution in [1.29, 1.82) is 0 Å². The van der Waals surface area contributed by atoms with Gasteiger partial charge in [-0.1, -0.05) is 18.2 Å². The zero-order valence-corrected chi connectivity index (χ0v) is 15.9. The molecule has 0 radical (unpaired) electrons. The van der Waals surface area contributed by atoms with E-state index in [1.165, 1.54) is 5.56 Å². The number of carbonyl (C=O) groups excluding carboxylic acids is 1. The molecule has 1 aliphatic rings. The fourth-order valence-electron chi connectivity index (χ4n) is 3.33. The molecular weight excluding hydrogens is 362 g/mol. The quantitative estimate of drug-likeness (QED) is 0.715. The van der Waals surface area contributed by atoms with Crippen molar-refractivity contribution >= 4 is 34.9 Å². The fourth-order valence-corrected chi connectivity index (χ4v) is 3.33. The van der Waals surface area contributed by atoms with Gasteiger partial charge >= 0.3 is 0 Å². The molecule has 1 aromatic heterocycles. The normalized spacial score (nSPS) is 16.0. The second-order valence-electron chi connectivity index (χ2n) is 6.52. The second-order valence-corrected chi connectivity index (χ2v) is 6.52. The molecule has 1 amide bonds. The second kappa shape index (κ2) is 8.37. The Labute approximate surface area is 164 Å². The first kappa shape index (κ1) is 19.1. The van der Waals surface area contributed by atoms with E-state index in [0.717, 1.165) is 41.9 Å². The smallest absolute Gasteiger partial charge is 0.274 e. The number of ether oxygens (including phenoxy) is 1. The first-order valence-corrected chi connectivity index (χ1v) is 8.80. The zero-order valence-electron chi connectivity index (χ0n) is 15.1. The molecule has 4 rings (SSSR count). The molecule has 140 valence electrons. The molecule has 2 heterocycles. The average Bonchev–Trinajstić information content (AvgIpc) is 3.22. The third kappa shape index (κ3) is 4.21. The molecule has 1 unspecified atom stereocenters. The van der Waals surface area contributed by atoms with Crippen LogP contribution in [0.1, 0.15) is 28.4 Å². The zero-order chi connectivity index (χ0) is 17.9. The lowest BCUT2D eigenvalue weighted by molar-refractivity contribution is 0.102. The Morgan fingerprint density at radius 2 is 1.96 bits per heavy atom. The Hall–Kier alpha value is -2.63. The molecule has 2 N–H and O–H groups in total. The van der Waals surface area contributed by atoms with E-state index in [1.807, 2.05) is 36.4 Å². The molecule has 0 spiro atoms. The first-order valence-electron chi connectivity index (χ1n) is 8.80. The summed E-state index contributed by atoms with van der Waals surface area (Å²) in [5.74, 6) is 1.13. The number of methoxy groups -OCH3 is 1. The van der Waals surface area contributed by atoms with Crippen LogP contribution in [0.2, 0.25) is 0 Å². The van der Waals surface area contributed by atoms with Crippen LogP contribution in [0.25, 0.3) is 10.9 Å². The van der Waals surface area contributed by atoms with Gasteiger partial charge in [0.1, 0.15) is 11.4 Å². The monoisotopic (exact) mass is 383 g/mol. The number of hydrogen-bond donors (Lipinski definition) is 2. The number of amides is 1. The van der Waals surface area contributed by atoms with Crippen molar-refractivity contribution in [1.82, 2.24) is 10.3 Å². The number of fused-ring (bicyclic) bond motifs is 1. The Bertz CT molecular complexity index is 938. The summed E-state index contributed by atoms with van der Waals surface area (Å²) < 4.78 is 5.21. The third-order valence-electron chi connectivity index (χ3n) is 4.83. The Kier molecular flexibility index (Phi) is 5.94. The van der Waals surface area contributed by atoms with E-state index >= 15 is 0 Å². The predicted molar refractivity (Wildman–Crippen MR) is 110 cm³/mol. The van der Waals surface area contributed by atoms with E-state index in [0.29, 0.717) is 11.6 Å². The summed E-state index contributed by atoms with van der Waals surface area (Å²) in [6.07, 6.45) is 1.16. The van der Waals surface area contributed by atoms with Crippen LogP contribution in [0, 0.1) is 0 Å². The molecule has 0 aliphatic carbocycles. The van der Waals surface area contributed by atoms with Crippen molar-refractivity contribution in [3.8, 4) is 5.75 Å². The molecular formula is C21H22ClN3O2. The maximum absolute atomic E-state index is 12.5. The maximum Gasteiger partial charge on any atom is 0.274 e. The van der Waals surface area contributed by atoms with Gasteiger partial charge in [0.2, 0.25) is 0 Å². The molecule has 27 heavy (non-hydrogen) atoms. The van der Waals surface area contributed by atoms with Crippen LogP contribution >= 0.6 is 12.4 Å². The summed E-state index contributed by atoms with van der Waals surface area (Å²) in [6, 6.07) is 17.3. The van der Waals surface area contributed by atoms with E-state index in [2.05, 4.69) is 27.8 Å². The van der Waals surface area contributed by atoms with Gasteiger partial charge in [0.15, 0.2) is 0 Å². The van der Waals surface area contributed by atoms with E-state index < -0.39 is 0 Å². The van der Waals surface area contributed by atoms with Crippen LogP contribution in [-0.4, -0.2) is 31.1 Å². The molecule has 5 nitrogen and oxygen atoms in total. The molecule has 0 bridgehead atoms. The van der Waals surface area contributed by atoms with E-state index in [1.54, 1.807) is 13.2 Å². The summed E-state index contributed by atoms with van der Waals surface area (Å²) >= 11 is 0. The van der Waals surface area contributed by atoms with E-state index in [-0.39, 0.29) is 18.3 Å². The Morgan fingerprint density at radius 3 is 2.67 bits per heavy atom. The number of halogens is 1. The highest BCUT2D eigenvalue weighted by Gasteiger charge is 2.16.